The Morgan fingerprint density at radius 1 is 1.33 bits per heavy atom. The first-order valence-corrected chi connectivity index (χ1v) is 7.78. The molecule has 0 saturated heterocycles. The first kappa shape index (κ1) is 14.0. The zero-order valence-corrected chi connectivity index (χ0v) is 12.9. The Morgan fingerprint density at radius 2 is 2.06 bits per heavy atom. The van der Waals surface area contributed by atoms with Crippen LogP contribution in [0.3, 0.4) is 0 Å². The standard InChI is InChI=1S/C15H26N2S/c1-15(2,3)14-8-7-13(18-14)11-16-9-10-17(4)12-5-6-12/h7-8,12,16H,5-6,9-11H2,1-4H3. The molecule has 1 N–H and O–H groups in total. The van der Waals surface area contributed by atoms with E-state index in [1.54, 1.807) is 0 Å². The number of nitrogens with one attached hydrogen (secondary N) is 1. The Hall–Kier alpha value is -0.380. The van der Waals surface area contributed by atoms with Crippen molar-refractivity contribution in [2.24, 2.45) is 0 Å². The van der Waals surface area contributed by atoms with Crippen molar-refractivity contribution in [3.8, 4) is 0 Å². The number of hydrogen-bond acceptors (Lipinski definition) is 3. The summed E-state index contributed by atoms with van der Waals surface area (Å²) in [6.07, 6.45) is 2.80. The van der Waals surface area contributed by atoms with Crippen LogP contribution in [0, 0.1) is 0 Å². The molecule has 0 aromatic carbocycles. The zero-order chi connectivity index (χ0) is 13.2. The Balaban J connectivity index is 1.68. The lowest BCUT2D eigenvalue weighted by molar-refractivity contribution is 0.322. The molecule has 0 unspecified atom stereocenters. The topological polar surface area (TPSA) is 15.3 Å². The van der Waals surface area contributed by atoms with Gasteiger partial charge in [0.1, 0.15) is 0 Å². The maximum Gasteiger partial charge on any atom is 0.0300 e. The molecule has 2 nitrogen and oxygen atoms in total. The summed E-state index contributed by atoms with van der Waals surface area (Å²) in [6, 6.07) is 5.42. The summed E-state index contributed by atoms with van der Waals surface area (Å²) >= 11 is 1.94. The molecule has 0 radical (unpaired) electrons. The maximum atomic E-state index is 3.55. The van der Waals surface area contributed by atoms with Gasteiger partial charge in [-0.15, -0.1) is 11.3 Å². The van der Waals surface area contributed by atoms with Gasteiger partial charge in [-0.3, -0.25) is 0 Å². The van der Waals surface area contributed by atoms with Crippen LogP contribution < -0.4 is 5.32 Å². The van der Waals surface area contributed by atoms with Crippen molar-refractivity contribution >= 4 is 11.3 Å². The van der Waals surface area contributed by atoms with Crippen molar-refractivity contribution in [2.75, 3.05) is 20.1 Å². The summed E-state index contributed by atoms with van der Waals surface area (Å²) in [5.74, 6) is 0. The smallest absolute Gasteiger partial charge is 0.0300 e. The summed E-state index contributed by atoms with van der Waals surface area (Å²) < 4.78 is 0. The molecule has 0 aliphatic heterocycles. The van der Waals surface area contributed by atoms with E-state index in [0.717, 1.165) is 19.1 Å². The van der Waals surface area contributed by atoms with Gasteiger partial charge >= 0.3 is 0 Å². The van der Waals surface area contributed by atoms with Crippen LogP contribution in [-0.2, 0) is 12.0 Å². The van der Waals surface area contributed by atoms with Gasteiger partial charge in [0.2, 0.25) is 0 Å². The first-order chi connectivity index (χ1) is 8.47. The Labute approximate surface area is 115 Å². The third kappa shape index (κ3) is 4.08. The van der Waals surface area contributed by atoms with Gasteiger partial charge in [0, 0.05) is 35.4 Å². The van der Waals surface area contributed by atoms with Crippen molar-refractivity contribution < 1.29 is 0 Å². The summed E-state index contributed by atoms with van der Waals surface area (Å²) in [6.45, 7) is 10.1. The van der Waals surface area contributed by atoms with E-state index in [4.69, 9.17) is 0 Å². The van der Waals surface area contributed by atoms with E-state index >= 15 is 0 Å². The van der Waals surface area contributed by atoms with Gasteiger partial charge in [-0.05, 0) is 37.4 Å². The zero-order valence-electron chi connectivity index (χ0n) is 12.1. The maximum absolute atomic E-state index is 3.55. The second kappa shape index (κ2) is 5.72. The predicted octanol–water partition coefficient (Wildman–Crippen LogP) is 3.23. The molecule has 1 aliphatic carbocycles. The van der Waals surface area contributed by atoms with Crippen molar-refractivity contribution in [2.45, 2.75) is 51.6 Å². The number of nitrogens with zero attached hydrogens (tertiary/aromatic N) is 1. The van der Waals surface area contributed by atoms with Gasteiger partial charge < -0.3 is 10.2 Å². The fourth-order valence-electron chi connectivity index (χ4n) is 2.04. The van der Waals surface area contributed by atoms with Gasteiger partial charge in [0.05, 0.1) is 0 Å². The summed E-state index contributed by atoms with van der Waals surface area (Å²) in [7, 11) is 2.24. The molecule has 0 spiro atoms. The SMILES string of the molecule is CN(CCNCc1ccc(C(C)(C)C)s1)C1CC1. The van der Waals surface area contributed by atoms with Crippen molar-refractivity contribution in [3.05, 3.63) is 21.9 Å². The fraction of sp³-hybridized carbons (Fsp3) is 0.733. The van der Waals surface area contributed by atoms with Gasteiger partial charge in [-0.25, -0.2) is 0 Å². The highest BCUT2D eigenvalue weighted by molar-refractivity contribution is 7.12. The summed E-state index contributed by atoms with van der Waals surface area (Å²) in [4.78, 5) is 5.41. The van der Waals surface area contributed by atoms with E-state index in [1.165, 1.54) is 29.1 Å². The minimum atomic E-state index is 0.287. The lowest BCUT2D eigenvalue weighted by Gasteiger charge is -2.16. The van der Waals surface area contributed by atoms with Crippen LogP contribution in [0.15, 0.2) is 12.1 Å². The molecule has 1 fully saturated rings. The van der Waals surface area contributed by atoms with Crippen molar-refractivity contribution in [3.63, 3.8) is 0 Å². The number of rotatable bonds is 6. The van der Waals surface area contributed by atoms with Crippen LogP contribution in [0.2, 0.25) is 0 Å². The van der Waals surface area contributed by atoms with E-state index in [0.29, 0.717) is 0 Å². The molecule has 1 aromatic rings. The number of hydrogen-bond donors (Lipinski definition) is 1. The van der Waals surface area contributed by atoms with E-state index < -0.39 is 0 Å². The molecule has 1 saturated carbocycles. The molecule has 0 bridgehead atoms. The second-order valence-corrected chi connectivity index (χ2v) is 7.57. The molecular weight excluding hydrogens is 240 g/mol. The second-order valence-electron chi connectivity index (χ2n) is 6.40. The fourth-order valence-corrected chi connectivity index (χ4v) is 3.08. The van der Waals surface area contributed by atoms with E-state index in [9.17, 15) is 0 Å². The molecule has 18 heavy (non-hydrogen) atoms. The van der Waals surface area contributed by atoms with Crippen LogP contribution in [0.4, 0.5) is 0 Å². The monoisotopic (exact) mass is 266 g/mol. The third-order valence-corrected chi connectivity index (χ3v) is 5.02. The normalized spacial score (nSPS) is 16.5. The third-order valence-electron chi connectivity index (χ3n) is 3.51. The lowest BCUT2D eigenvalue weighted by atomic mass is 9.95. The molecular formula is C15H26N2S. The summed E-state index contributed by atoms with van der Waals surface area (Å²) in [5.41, 5.74) is 0.287. The van der Waals surface area contributed by atoms with Crippen molar-refractivity contribution in [1.29, 1.82) is 0 Å². The van der Waals surface area contributed by atoms with E-state index in [2.05, 4.69) is 50.2 Å². The minimum absolute atomic E-state index is 0.287. The molecule has 1 aromatic heterocycles. The van der Waals surface area contributed by atoms with Crippen LogP contribution in [0.25, 0.3) is 0 Å². The average molecular weight is 266 g/mol. The highest BCUT2D eigenvalue weighted by Crippen LogP contribution is 2.29. The predicted molar refractivity (Wildman–Crippen MR) is 80.4 cm³/mol. The molecule has 1 aliphatic rings. The molecule has 102 valence electrons. The van der Waals surface area contributed by atoms with E-state index in [1.807, 2.05) is 11.3 Å². The van der Waals surface area contributed by atoms with E-state index in [-0.39, 0.29) is 5.41 Å². The molecule has 0 atom stereocenters. The number of thiophene rings is 1. The summed E-state index contributed by atoms with van der Waals surface area (Å²) in [5, 5.41) is 3.55. The Morgan fingerprint density at radius 3 is 2.61 bits per heavy atom. The molecule has 1 heterocycles. The first-order valence-electron chi connectivity index (χ1n) is 6.97. The largest absolute Gasteiger partial charge is 0.311 e. The highest BCUT2D eigenvalue weighted by atomic mass is 32.1. The lowest BCUT2D eigenvalue weighted by Crippen LogP contribution is -2.30. The van der Waals surface area contributed by atoms with Crippen LogP contribution in [0.1, 0.15) is 43.4 Å². The van der Waals surface area contributed by atoms with Gasteiger partial charge in [0.25, 0.3) is 0 Å². The number of likely N-dealkylation sites (N-methyl/N-ethyl adjacent to an activating group) is 1. The highest BCUT2D eigenvalue weighted by Gasteiger charge is 2.25. The van der Waals surface area contributed by atoms with Gasteiger partial charge in [-0.1, -0.05) is 20.8 Å². The molecule has 0 amide bonds. The van der Waals surface area contributed by atoms with Crippen LogP contribution >= 0.6 is 11.3 Å². The van der Waals surface area contributed by atoms with Crippen LogP contribution in [0.5, 0.6) is 0 Å². The minimum Gasteiger partial charge on any atom is -0.311 e. The molecule has 2 rings (SSSR count). The molecule has 3 heteroatoms. The quantitative estimate of drug-likeness (QED) is 0.795. The van der Waals surface area contributed by atoms with Gasteiger partial charge in [0.15, 0.2) is 0 Å². The average Bonchev–Trinajstić information content (AvgIpc) is 3.02. The van der Waals surface area contributed by atoms with Gasteiger partial charge in [-0.2, -0.15) is 0 Å². The Bertz CT molecular complexity index is 374. The van der Waals surface area contributed by atoms with Crippen LogP contribution in [-0.4, -0.2) is 31.1 Å². The Kier molecular flexibility index (Phi) is 4.46. The van der Waals surface area contributed by atoms with Crippen molar-refractivity contribution in [1.82, 2.24) is 10.2 Å².